The van der Waals surface area contributed by atoms with Crippen molar-refractivity contribution in [1.82, 2.24) is 0 Å². The standard InChI is InChI=1S/C14H11F2NO/c1-17-9-10-7-13(16)14(8-12(10)15)18-11-5-3-2-4-6-11/h2-9H,1H3. The van der Waals surface area contributed by atoms with E-state index in [-0.39, 0.29) is 11.3 Å². The summed E-state index contributed by atoms with van der Waals surface area (Å²) in [6.07, 6.45) is 1.25. The first-order chi connectivity index (χ1) is 8.70. The lowest BCUT2D eigenvalue weighted by atomic mass is 10.2. The van der Waals surface area contributed by atoms with E-state index >= 15 is 0 Å². The highest BCUT2D eigenvalue weighted by molar-refractivity contribution is 5.80. The molecule has 4 heteroatoms. The van der Waals surface area contributed by atoms with Crippen LogP contribution in [0.25, 0.3) is 0 Å². The molecule has 0 heterocycles. The van der Waals surface area contributed by atoms with Crippen LogP contribution in [0.2, 0.25) is 0 Å². The quantitative estimate of drug-likeness (QED) is 0.756. The molecule has 2 aromatic rings. The second-order valence-electron chi connectivity index (χ2n) is 3.61. The Hall–Kier alpha value is -2.23. The number of hydrogen-bond donors (Lipinski definition) is 0. The molecule has 0 radical (unpaired) electrons. The highest BCUT2D eigenvalue weighted by atomic mass is 19.1. The Labute approximate surface area is 104 Å². The number of halogens is 2. The third kappa shape index (κ3) is 2.71. The van der Waals surface area contributed by atoms with Crippen LogP contribution in [-0.2, 0) is 0 Å². The number of rotatable bonds is 3. The summed E-state index contributed by atoms with van der Waals surface area (Å²) in [6.45, 7) is 0. The summed E-state index contributed by atoms with van der Waals surface area (Å²) in [5.74, 6) is -0.900. The fourth-order valence-electron chi connectivity index (χ4n) is 1.48. The summed E-state index contributed by atoms with van der Waals surface area (Å²) in [4.78, 5) is 3.65. The Morgan fingerprint density at radius 1 is 1.06 bits per heavy atom. The lowest BCUT2D eigenvalue weighted by molar-refractivity contribution is 0.436. The predicted octanol–water partition coefficient (Wildman–Crippen LogP) is 3.81. The van der Waals surface area contributed by atoms with Gasteiger partial charge < -0.3 is 4.74 Å². The lowest BCUT2D eigenvalue weighted by Crippen LogP contribution is -1.95. The highest BCUT2D eigenvalue weighted by Crippen LogP contribution is 2.26. The lowest BCUT2D eigenvalue weighted by Gasteiger charge is -2.07. The first-order valence-corrected chi connectivity index (χ1v) is 5.35. The number of nitrogens with zero attached hydrogens (tertiary/aromatic N) is 1. The second kappa shape index (κ2) is 5.40. The molecule has 0 aliphatic carbocycles. The van der Waals surface area contributed by atoms with Crippen molar-refractivity contribution in [1.29, 1.82) is 0 Å². The third-order valence-electron chi connectivity index (χ3n) is 2.29. The second-order valence-corrected chi connectivity index (χ2v) is 3.61. The smallest absolute Gasteiger partial charge is 0.166 e. The van der Waals surface area contributed by atoms with E-state index in [9.17, 15) is 8.78 Å². The fraction of sp³-hybridized carbons (Fsp3) is 0.0714. The topological polar surface area (TPSA) is 21.6 Å². The highest BCUT2D eigenvalue weighted by Gasteiger charge is 2.10. The van der Waals surface area contributed by atoms with Crippen LogP contribution in [0.4, 0.5) is 8.78 Å². The minimum absolute atomic E-state index is 0.0930. The van der Waals surface area contributed by atoms with Crippen molar-refractivity contribution >= 4 is 6.21 Å². The Morgan fingerprint density at radius 2 is 1.78 bits per heavy atom. The summed E-state index contributed by atoms with van der Waals surface area (Å²) < 4.78 is 32.5. The first-order valence-electron chi connectivity index (χ1n) is 5.35. The van der Waals surface area contributed by atoms with E-state index in [4.69, 9.17) is 4.74 Å². The van der Waals surface area contributed by atoms with E-state index in [1.54, 1.807) is 24.3 Å². The van der Waals surface area contributed by atoms with E-state index < -0.39 is 11.6 Å². The van der Waals surface area contributed by atoms with Crippen molar-refractivity contribution in [3.05, 3.63) is 59.7 Å². The molecule has 0 aromatic heterocycles. The van der Waals surface area contributed by atoms with Gasteiger partial charge in [-0.25, -0.2) is 8.78 Å². The van der Waals surface area contributed by atoms with Gasteiger partial charge in [-0.05, 0) is 18.2 Å². The van der Waals surface area contributed by atoms with E-state index in [1.165, 1.54) is 13.3 Å². The Kier molecular flexibility index (Phi) is 3.67. The summed E-state index contributed by atoms with van der Waals surface area (Å²) in [5, 5.41) is 0. The van der Waals surface area contributed by atoms with Crippen LogP contribution in [-0.4, -0.2) is 13.3 Å². The average molecular weight is 247 g/mol. The van der Waals surface area contributed by atoms with Crippen molar-refractivity contribution in [3.8, 4) is 11.5 Å². The van der Waals surface area contributed by atoms with Gasteiger partial charge in [-0.3, -0.25) is 4.99 Å². The van der Waals surface area contributed by atoms with Crippen LogP contribution in [0.3, 0.4) is 0 Å². The Balaban J connectivity index is 2.32. The number of aliphatic imine (C=N–C) groups is 1. The van der Waals surface area contributed by atoms with Gasteiger partial charge in [0.15, 0.2) is 11.6 Å². The average Bonchev–Trinajstić information content (AvgIpc) is 2.37. The largest absolute Gasteiger partial charge is 0.454 e. The van der Waals surface area contributed by atoms with Crippen molar-refractivity contribution in [2.45, 2.75) is 0 Å². The van der Waals surface area contributed by atoms with Gasteiger partial charge in [0, 0.05) is 24.9 Å². The van der Waals surface area contributed by atoms with Crippen LogP contribution in [0, 0.1) is 11.6 Å². The van der Waals surface area contributed by atoms with E-state index in [2.05, 4.69) is 4.99 Å². The van der Waals surface area contributed by atoms with Crippen molar-refractivity contribution in [2.24, 2.45) is 4.99 Å². The molecule has 0 bridgehead atoms. The molecule has 2 aromatic carbocycles. The van der Waals surface area contributed by atoms with E-state index in [0.717, 1.165) is 12.1 Å². The summed E-state index contributed by atoms with van der Waals surface area (Å²) in [6, 6.07) is 10.7. The van der Waals surface area contributed by atoms with E-state index in [0.29, 0.717) is 5.75 Å². The monoisotopic (exact) mass is 247 g/mol. The molecule has 0 aliphatic rings. The zero-order valence-corrected chi connectivity index (χ0v) is 9.73. The summed E-state index contributed by atoms with van der Waals surface area (Å²) in [7, 11) is 1.49. The molecule has 0 unspecified atom stereocenters. The minimum atomic E-state index is -0.629. The van der Waals surface area contributed by atoms with Gasteiger partial charge in [0.25, 0.3) is 0 Å². The SMILES string of the molecule is CN=Cc1cc(F)c(Oc2ccccc2)cc1F. The zero-order chi connectivity index (χ0) is 13.0. The molecule has 0 N–H and O–H groups in total. The van der Waals surface area contributed by atoms with Gasteiger partial charge in [-0.15, -0.1) is 0 Å². The number of ether oxygens (including phenoxy) is 1. The number of hydrogen-bond acceptors (Lipinski definition) is 2. The Morgan fingerprint density at radius 3 is 2.44 bits per heavy atom. The normalized spacial score (nSPS) is 10.8. The maximum atomic E-state index is 13.7. The maximum absolute atomic E-state index is 13.7. The van der Waals surface area contributed by atoms with Gasteiger partial charge in [0.2, 0.25) is 0 Å². The van der Waals surface area contributed by atoms with Crippen LogP contribution in [0.5, 0.6) is 11.5 Å². The molecule has 0 fully saturated rings. The molecular formula is C14H11F2NO. The molecule has 92 valence electrons. The van der Waals surface area contributed by atoms with Crippen LogP contribution in [0.15, 0.2) is 47.5 Å². The van der Waals surface area contributed by atoms with Gasteiger partial charge in [-0.1, -0.05) is 18.2 Å². The molecule has 0 amide bonds. The van der Waals surface area contributed by atoms with Gasteiger partial charge in [0.1, 0.15) is 11.6 Å². The van der Waals surface area contributed by atoms with Crippen molar-refractivity contribution in [2.75, 3.05) is 7.05 Å². The molecule has 0 atom stereocenters. The predicted molar refractivity (Wildman–Crippen MR) is 66.4 cm³/mol. The minimum Gasteiger partial charge on any atom is -0.454 e. The molecular weight excluding hydrogens is 236 g/mol. The number of para-hydroxylation sites is 1. The zero-order valence-electron chi connectivity index (χ0n) is 9.73. The molecule has 0 aliphatic heterocycles. The number of benzene rings is 2. The van der Waals surface area contributed by atoms with Gasteiger partial charge in [0.05, 0.1) is 0 Å². The van der Waals surface area contributed by atoms with Gasteiger partial charge >= 0.3 is 0 Å². The van der Waals surface area contributed by atoms with Crippen LogP contribution in [0.1, 0.15) is 5.56 Å². The molecule has 0 saturated carbocycles. The van der Waals surface area contributed by atoms with Crippen molar-refractivity contribution < 1.29 is 13.5 Å². The molecule has 0 saturated heterocycles. The molecule has 2 rings (SSSR count). The van der Waals surface area contributed by atoms with Crippen LogP contribution >= 0.6 is 0 Å². The first kappa shape index (κ1) is 12.2. The Bertz CT molecular complexity index is 568. The van der Waals surface area contributed by atoms with Gasteiger partial charge in [-0.2, -0.15) is 0 Å². The van der Waals surface area contributed by atoms with Crippen molar-refractivity contribution in [3.63, 3.8) is 0 Å². The third-order valence-corrected chi connectivity index (χ3v) is 2.29. The maximum Gasteiger partial charge on any atom is 0.166 e. The summed E-state index contributed by atoms with van der Waals surface area (Å²) >= 11 is 0. The van der Waals surface area contributed by atoms with Crippen LogP contribution < -0.4 is 4.74 Å². The molecule has 18 heavy (non-hydrogen) atoms. The molecule has 0 spiro atoms. The summed E-state index contributed by atoms with van der Waals surface area (Å²) in [5.41, 5.74) is 0.0930. The molecule has 2 nitrogen and oxygen atoms in total. The van der Waals surface area contributed by atoms with E-state index in [1.807, 2.05) is 6.07 Å². The fourth-order valence-corrected chi connectivity index (χ4v) is 1.48.